The van der Waals surface area contributed by atoms with Gasteiger partial charge in [-0.15, -0.1) is 0 Å². The molecule has 0 fully saturated rings. The van der Waals surface area contributed by atoms with E-state index in [1.165, 1.54) is 6.07 Å². The molecule has 0 aromatic heterocycles. The lowest BCUT2D eigenvalue weighted by Gasteiger charge is -2.12. The van der Waals surface area contributed by atoms with Gasteiger partial charge in [-0.3, -0.25) is 25.2 Å². The van der Waals surface area contributed by atoms with E-state index in [4.69, 9.17) is 9.47 Å². The summed E-state index contributed by atoms with van der Waals surface area (Å²) < 4.78 is 12.5. The molecule has 9 nitrogen and oxygen atoms in total. The van der Waals surface area contributed by atoms with Crippen molar-refractivity contribution in [2.24, 2.45) is 4.99 Å². The van der Waals surface area contributed by atoms with Crippen molar-refractivity contribution in [2.45, 2.75) is 6.92 Å². The SMILES string of the molecule is CCOc1ccc(N=Cc2cc(Br)cc(Br)c2Oc2ccc([N+](=O)[O-])cc2[N+](=O)[O-])cc1. The molecular formula is C21H15Br2N3O6. The van der Waals surface area contributed by atoms with Crippen LogP contribution in [0.25, 0.3) is 0 Å². The average molecular weight is 565 g/mol. The predicted molar refractivity (Wildman–Crippen MR) is 127 cm³/mol. The van der Waals surface area contributed by atoms with Crippen molar-refractivity contribution in [1.29, 1.82) is 0 Å². The van der Waals surface area contributed by atoms with Gasteiger partial charge < -0.3 is 9.47 Å². The fourth-order valence-electron chi connectivity index (χ4n) is 2.68. The quantitative estimate of drug-likeness (QED) is 0.166. The molecule has 3 aromatic rings. The summed E-state index contributed by atoms with van der Waals surface area (Å²) in [6.45, 7) is 2.46. The van der Waals surface area contributed by atoms with Crippen LogP contribution in [0.5, 0.6) is 17.2 Å². The van der Waals surface area contributed by atoms with Gasteiger partial charge in [0.25, 0.3) is 5.69 Å². The summed E-state index contributed by atoms with van der Waals surface area (Å²) >= 11 is 6.80. The highest BCUT2D eigenvalue weighted by molar-refractivity contribution is 9.11. The van der Waals surface area contributed by atoms with Gasteiger partial charge in [0.15, 0.2) is 5.75 Å². The Morgan fingerprint density at radius 2 is 1.72 bits per heavy atom. The zero-order valence-corrected chi connectivity index (χ0v) is 19.7. The van der Waals surface area contributed by atoms with Crippen LogP contribution < -0.4 is 9.47 Å². The van der Waals surface area contributed by atoms with Gasteiger partial charge in [-0.2, -0.15) is 0 Å². The molecule has 0 spiro atoms. The Labute approximate surface area is 199 Å². The number of ether oxygens (including phenoxy) is 2. The molecule has 164 valence electrons. The van der Waals surface area contributed by atoms with Gasteiger partial charge in [0, 0.05) is 22.3 Å². The highest BCUT2D eigenvalue weighted by Crippen LogP contribution is 2.40. The molecule has 0 N–H and O–H groups in total. The monoisotopic (exact) mass is 563 g/mol. The Hall–Kier alpha value is -3.31. The third-order valence-corrected chi connectivity index (χ3v) is 5.15. The molecule has 0 aliphatic rings. The summed E-state index contributed by atoms with van der Waals surface area (Å²) in [5.41, 5.74) is 0.254. The summed E-state index contributed by atoms with van der Waals surface area (Å²) in [6.07, 6.45) is 1.55. The maximum Gasteiger partial charge on any atom is 0.318 e. The topological polar surface area (TPSA) is 117 Å². The minimum atomic E-state index is -0.733. The molecule has 3 aromatic carbocycles. The number of aliphatic imine (C=N–C) groups is 1. The smallest absolute Gasteiger partial charge is 0.318 e. The van der Waals surface area contributed by atoms with E-state index >= 15 is 0 Å². The number of benzene rings is 3. The van der Waals surface area contributed by atoms with Gasteiger partial charge in [-0.25, -0.2) is 0 Å². The van der Waals surface area contributed by atoms with Crippen molar-refractivity contribution < 1.29 is 19.3 Å². The second-order valence-electron chi connectivity index (χ2n) is 6.26. The lowest BCUT2D eigenvalue weighted by Crippen LogP contribution is -1.98. The van der Waals surface area contributed by atoms with E-state index in [0.717, 1.165) is 22.4 Å². The Balaban J connectivity index is 1.98. The fraction of sp³-hybridized carbons (Fsp3) is 0.0952. The Kier molecular flexibility index (Phi) is 7.54. The van der Waals surface area contributed by atoms with Crippen LogP contribution in [0, 0.1) is 20.2 Å². The van der Waals surface area contributed by atoms with Crippen molar-refractivity contribution in [3.8, 4) is 17.2 Å². The van der Waals surface area contributed by atoms with E-state index < -0.39 is 21.2 Å². The first-order valence-electron chi connectivity index (χ1n) is 9.15. The Morgan fingerprint density at radius 3 is 2.34 bits per heavy atom. The van der Waals surface area contributed by atoms with E-state index in [9.17, 15) is 20.2 Å². The van der Waals surface area contributed by atoms with Crippen LogP contribution in [-0.4, -0.2) is 22.7 Å². The molecule has 0 atom stereocenters. The van der Waals surface area contributed by atoms with Crippen LogP contribution in [0.4, 0.5) is 17.1 Å². The summed E-state index contributed by atoms with van der Waals surface area (Å²) in [7, 11) is 0. The van der Waals surface area contributed by atoms with E-state index in [1.807, 2.05) is 6.92 Å². The highest BCUT2D eigenvalue weighted by Gasteiger charge is 2.23. The summed E-state index contributed by atoms with van der Waals surface area (Å²) in [5.74, 6) is 0.852. The number of hydrogen-bond acceptors (Lipinski definition) is 7. The van der Waals surface area contributed by atoms with Gasteiger partial charge in [0.2, 0.25) is 5.75 Å². The molecule has 0 aliphatic heterocycles. The van der Waals surface area contributed by atoms with Crippen LogP contribution in [0.1, 0.15) is 12.5 Å². The third-order valence-electron chi connectivity index (χ3n) is 4.10. The molecule has 0 saturated heterocycles. The zero-order valence-electron chi connectivity index (χ0n) is 16.5. The summed E-state index contributed by atoms with van der Waals surface area (Å²) in [5, 5.41) is 22.4. The van der Waals surface area contributed by atoms with Gasteiger partial charge in [-0.05, 0) is 65.3 Å². The average Bonchev–Trinajstić information content (AvgIpc) is 2.75. The molecule has 0 aliphatic carbocycles. The lowest BCUT2D eigenvalue weighted by atomic mass is 10.2. The minimum absolute atomic E-state index is 0.140. The first-order chi connectivity index (χ1) is 15.3. The fourth-order valence-corrected chi connectivity index (χ4v) is 4.02. The number of rotatable bonds is 8. The Morgan fingerprint density at radius 1 is 1.00 bits per heavy atom. The second kappa shape index (κ2) is 10.3. The van der Waals surface area contributed by atoms with Gasteiger partial charge in [0.05, 0.1) is 32.7 Å². The molecule has 0 radical (unpaired) electrons. The number of nitro groups is 2. The molecular weight excluding hydrogens is 550 g/mol. The maximum atomic E-state index is 11.4. The van der Waals surface area contributed by atoms with Crippen LogP contribution >= 0.6 is 31.9 Å². The van der Waals surface area contributed by atoms with Crippen molar-refractivity contribution in [2.75, 3.05) is 6.61 Å². The Bertz CT molecular complexity index is 1200. The third kappa shape index (κ3) is 5.68. The number of nitro benzene ring substituents is 2. The number of non-ortho nitro benzene ring substituents is 1. The van der Waals surface area contributed by atoms with Gasteiger partial charge >= 0.3 is 5.69 Å². The molecule has 0 unspecified atom stereocenters. The minimum Gasteiger partial charge on any atom is -0.494 e. The van der Waals surface area contributed by atoms with Crippen molar-refractivity contribution in [1.82, 2.24) is 0 Å². The van der Waals surface area contributed by atoms with E-state index in [2.05, 4.69) is 36.9 Å². The predicted octanol–water partition coefficient (Wildman–Crippen LogP) is 6.97. The highest BCUT2D eigenvalue weighted by atomic mass is 79.9. The molecule has 0 bridgehead atoms. The van der Waals surface area contributed by atoms with Crippen molar-refractivity contribution in [3.63, 3.8) is 0 Å². The van der Waals surface area contributed by atoms with Crippen molar-refractivity contribution in [3.05, 3.63) is 89.3 Å². The van der Waals surface area contributed by atoms with E-state index in [0.29, 0.717) is 22.3 Å². The van der Waals surface area contributed by atoms with Crippen LogP contribution in [-0.2, 0) is 0 Å². The second-order valence-corrected chi connectivity index (χ2v) is 8.03. The molecule has 0 amide bonds. The van der Waals surface area contributed by atoms with Crippen LogP contribution in [0.15, 0.2) is 68.5 Å². The first kappa shape index (κ1) is 23.4. The van der Waals surface area contributed by atoms with Gasteiger partial charge in [0.1, 0.15) is 5.75 Å². The molecule has 32 heavy (non-hydrogen) atoms. The molecule has 11 heteroatoms. The maximum absolute atomic E-state index is 11.4. The molecule has 0 heterocycles. The number of nitrogens with zero attached hydrogens (tertiary/aromatic N) is 3. The van der Waals surface area contributed by atoms with Gasteiger partial charge in [-0.1, -0.05) is 15.9 Å². The van der Waals surface area contributed by atoms with Crippen molar-refractivity contribution >= 4 is 55.1 Å². The van der Waals surface area contributed by atoms with E-state index in [1.54, 1.807) is 42.6 Å². The standard InChI is InChI=1S/C21H15Br2N3O6/c1-2-31-17-6-3-15(4-7-17)24-12-13-9-14(22)10-18(23)21(13)32-20-8-5-16(25(27)28)11-19(20)26(29)30/h3-12H,2H2,1H3. The number of halogens is 2. The largest absolute Gasteiger partial charge is 0.494 e. The first-order valence-corrected chi connectivity index (χ1v) is 10.7. The zero-order chi connectivity index (χ0) is 23.3. The molecule has 3 rings (SSSR count). The summed E-state index contributed by atoms with van der Waals surface area (Å²) in [4.78, 5) is 25.4. The van der Waals surface area contributed by atoms with E-state index in [-0.39, 0.29) is 11.5 Å². The number of hydrogen-bond donors (Lipinski definition) is 0. The van der Waals surface area contributed by atoms with Crippen LogP contribution in [0.3, 0.4) is 0 Å². The van der Waals surface area contributed by atoms with Crippen LogP contribution in [0.2, 0.25) is 0 Å². The molecule has 0 saturated carbocycles. The normalized spacial score (nSPS) is 10.8. The summed E-state index contributed by atoms with van der Waals surface area (Å²) in [6, 6.07) is 13.8. The lowest BCUT2D eigenvalue weighted by molar-refractivity contribution is -0.394.